The summed E-state index contributed by atoms with van der Waals surface area (Å²) in [5, 5.41) is 11.7. The van der Waals surface area contributed by atoms with Gasteiger partial charge in [0.25, 0.3) is 0 Å². The molecule has 0 bridgehead atoms. The number of carbonyl (C=O) groups is 1. The number of benzene rings is 1. The summed E-state index contributed by atoms with van der Waals surface area (Å²) in [6, 6.07) is 16.0. The number of nitrogens with zero attached hydrogens (tertiary/aromatic N) is 3. The van der Waals surface area contributed by atoms with E-state index in [1.165, 1.54) is 5.56 Å². The first-order valence-corrected chi connectivity index (χ1v) is 9.26. The highest BCUT2D eigenvalue weighted by Gasteiger charge is 2.21. The first kappa shape index (κ1) is 18.1. The van der Waals surface area contributed by atoms with Crippen LogP contribution in [-0.2, 0) is 11.2 Å². The Morgan fingerprint density at radius 2 is 1.85 bits per heavy atom. The fraction of sp³-hybridized carbons (Fsp3) is 0.381. The average Bonchev–Trinajstić information content (AvgIpc) is 3.06. The monoisotopic (exact) mass is 350 g/mol. The van der Waals surface area contributed by atoms with Crippen molar-refractivity contribution in [2.75, 3.05) is 0 Å². The predicted molar refractivity (Wildman–Crippen MR) is 103 cm³/mol. The van der Waals surface area contributed by atoms with Gasteiger partial charge in [-0.1, -0.05) is 50.2 Å². The Morgan fingerprint density at radius 1 is 1.08 bits per heavy atom. The number of rotatable bonds is 8. The number of nitrogens with one attached hydrogen (secondary N) is 1. The van der Waals surface area contributed by atoms with E-state index in [2.05, 4.69) is 41.5 Å². The van der Waals surface area contributed by atoms with Crippen LogP contribution < -0.4 is 5.32 Å². The highest BCUT2D eigenvalue weighted by molar-refractivity contribution is 5.76. The Hall–Kier alpha value is -2.69. The first-order chi connectivity index (χ1) is 12.6. The second kappa shape index (κ2) is 8.61. The van der Waals surface area contributed by atoms with Crippen LogP contribution in [-0.4, -0.2) is 20.5 Å². The van der Waals surface area contributed by atoms with Crippen molar-refractivity contribution in [2.24, 2.45) is 5.92 Å². The number of fused-ring (bicyclic) bond motifs is 1. The maximum absolute atomic E-state index is 12.5. The normalized spacial score (nSPS) is 12.4. The van der Waals surface area contributed by atoms with E-state index in [1.807, 2.05) is 47.0 Å². The molecule has 3 rings (SSSR count). The van der Waals surface area contributed by atoms with Crippen molar-refractivity contribution in [2.45, 2.75) is 45.6 Å². The molecule has 0 aliphatic carbocycles. The Morgan fingerprint density at radius 3 is 2.62 bits per heavy atom. The minimum absolute atomic E-state index is 0.0688. The molecular weight excluding hydrogens is 324 g/mol. The molecule has 2 aromatic heterocycles. The first-order valence-electron chi connectivity index (χ1n) is 9.26. The van der Waals surface area contributed by atoms with Crippen LogP contribution in [0.25, 0.3) is 5.65 Å². The summed E-state index contributed by atoms with van der Waals surface area (Å²) >= 11 is 0. The van der Waals surface area contributed by atoms with Gasteiger partial charge < -0.3 is 5.32 Å². The standard InChI is InChI=1S/C21H26N4O/c1-16(2)15-18(21-24-23-19-12-6-7-14-25(19)21)22-20(26)13-8-11-17-9-4-3-5-10-17/h3-7,9-10,12,14,16,18H,8,11,13,15H2,1-2H3,(H,22,26)/t18-/m1/s1. The van der Waals surface area contributed by atoms with Gasteiger partial charge in [0.2, 0.25) is 5.91 Å². The molecule has 3 aromatic rings. The van der Waals surface area contributed by atoms with E-state index < -0.39 is 0 Å². The molecule has 0 aliphatic heterocycles. The zero-order chi connectivity index (χ0) is 18.4. The molecule has 26 heavy (non-hydrogen) atoms. The number of hydrogen-bond acceptors (Lipinski definition) is 3. The molecule has 0 saturated heterocycles. The summed E-state index contributed by atoms with van der Waals surface area (Å²) in [6.45, 7) is 4.30. The van der Waals surface area contributed by atoms with E-state index in [0.717, 1.165) is 30.7 Å². The van der Waals surface area contributed by atoms with Crippen molar-refractivity contribution in [3.05, 3.63) is 66.1 Å². The molecule has 2 heterocycles. The quantitative estimate of drug-likeness (QED) is 0.669. The number of aryl methyl sites for hydroxylation is 1. The average molecular weight is 350 g/mol. The van der Waals surface area contributed by atoms with Crippen LogP contribution in [0.15, 0.2) is 54.7 Å². The number of amides is 1. The zero-order valence-corrected chi connectivity index (χ0v) is 15.4. The molecule has 0 saturated carbocycles. The Labute approximate surface area is 154 Å². The van der Waals surface area contributed by atoms with Crippen LogP contribution in [0.2, 0.25) is 0 Å². The fourth-order valence-corrected chi connectivity index (χ4v) is 3.16. The van der Waals surface area contributed by atoms with Crippen LogP contribution in [0.3, 0.4) is 0 Å². The van der Waals surface area contributed by atoms with Crippen LogP contribution >= 0.6 is 0 Å². The third-order valence-electron chi connectivity index (χ3n) is 4.41. The highest BCUT2D eigenvalue weighted by Crippen LogP contribution is 2.21. The molecule has 5 heteroatoms. The topological polar surface area (TPSA) is 59.3 Å². The van der Waals surface area contributed by atoms with Gasteiger partial charge >= 0.3 is 0 Å². The number of hydrogen-bond donors (Lipinski definition) is 1. The molecule has 0 radical (unpaired) electrons. The molecule has 0 fully saturated rings. The van der Waals surface area contributed by atoms with E-state index in [1.54, 1.807) is 0 Å². The van der Waals surface area contributed by atoms with Gasteiger partial charge in [-0.2, -0.15) is 0 Å². The number of pyridine rings is 1. The number of carbonyl (C=O) groups excluding carboxylic acids is 1. The van der Waals surface area contributed by atoms with Gasteiger partial charge in [-0.15, -0.1) is 10.2 Å². The Bertz CT molecular complexity index is 841. The third-order valence-corrected chi connectivity index (χ3v) is 4.41. The highest BCUT2D eigenvalue weighted by atomic mass is 16.1. The smallest absolute Gasteiger partial charge is 0.220 e. The molecule has 1 N–H and O–H groups in total. The number of aromatic nitrogens is 3. The Balaban J connectivity index is 1.63. The Kier molecular flexibility index (Phi) is 6.00. The van der Waals surface area contributed by atoms with Gasteiger partial charge in [-0.3, -0.25) is 9.20 Å². The summed E-state index contributed by atoms with van der Waals surface area (Å²) in [7, 11) is 0. The van der Waals surface area contributed by atoms with Gasteiger partial charge in [0.15, 0.2) is 11.5 Å². The third kappa shape index (κ3) is 4.69. The van der Waals surface area contributed by atoms with E-state index in [9.17, 15) is 4.79 Å². The summed E-state index contributed by atoms with van der Waals surface area (Å²) in [5.41, 5.74) is 2.07. The summed E-state index contributed by atoms with van der Waals surface area (Å²) < 4.78 is 1.96. The lowest BCUT2D eigenvalue weighted by Gasteiger charge is -2.19. The van der Waals surface area contributed by atoms with Gasteiger partial charge in [0.1, 0.15) is 0 Å². The summed E-state index contributed by atoms with van der Waals surface area (Å²) in [4.78, 5) is 12.5. The molecule has 1 amide bonds. The summed E-state index contributed by atoms with van der Waals surface area (Å²) in [5.74, 6) is 1.31. The van der Waals surface area contributed by atoms with Gasteiger partial charge in [-0.25, -0.2) is 0 Å². The summed E-state index contributed by atoms with van der Waals surface area (Å²) in [6.07, 6.45) is 5.04. The lowest BCUT2D eigenvalue weighted by atomic mass is 10.0. The maximum atomic E-state index is 12.5. The second-order valence-electron chi connectivity index (χ2n) is 7.08. The minimum Gasteiger partial charge on any atom is -0.346 e. The fourth-order valence-electron chi connectivity index (χ4n) is 3.16. The van der Waals surface area contributed by atoms with E-state index in [-0.39, 0.29) is 11.9 Å². The van der Waals surface area contributed by atoms with Crippen molar-refractivity contribution in [3.63, 3.8) is 0 Å². The SMILES string of the molecule is CC(C)C[C@@H](NC(=O)CCCc1ccccc1)c1nnc2ccccn12. The lowest BCUT2D eigenvalue weighted by molar-refractivity contribution is -0.122. The van der Waals surface area contributed by atoms with Crippen molar-refractivity contribution in [3.8, 4) is 0 Å². The molecule has 136 valence electrons. The van der Waals surface area contributed by atoms with Crippen LogP contribution in [0.4, 0.5) is 0 Å². The van der Waals surface area contributed by atoms with E-state index >= 15 is 0 Å². The second-order valence-corrected chi connectivity index (χ2v) is 7.08. The van der Waals surface area contributed by atoms with Crippen molar-refractivity contribution in [1.82, 2.24) is 19.9 Å². The molecule has 0 aliphatic rings. The molecule has 1 aromatic carbocycles. The zero-order valence-electron chi connectivity index (χ0n) is 15.4. The molecular formula is C21H26N4O. The molecule has 0 spiro atoms. The molecule has 1 atom stereocenters. The van der Waals surface area contributed by atoms with Crippen molar-refractivity contribution < 1.29 is 4.79 Å². The van der Waals surface area contributed by atoms with Crippen molar-refractivity contribution in [1.29, 1.82) is 0 Å². The largest absolute Gasteiger partial charge is 0.346 e. The molecule has 5 nitrogen and oxygen atoms in total. The minimum atomic E-state index is -0.128. The maximum Gasteiger partial charge on any atom is 0.220 e. The lowest BCUT2D eigenvalue weighted by Crippen LogP contribution is -2.30. The van der Waals surface area contributed by atoms with E-state index in [4.69, 9.17) is 0 Å². The van der Waals surface area contributed by atoms with Gasteiger partial charge in [0, 0.05) is 12.6 Å². The predicted octanol–water partition coefficient (Wildman–Crippen LogP) is 3.96. The molecule has 0 unspecified atom stereocenters. The van der Waals surface area contributed by atoms with Gasteiger partial charge in [-0.05, 0) is 42.9 Å². The van der Waals surface area contributed by atoms with Gasteiger partial charge in [0.05, 0.1) is 6.04 Å². The van der Waals surface area contributed by atoms with E-state index in [0.29, 0.717) is 12.3 Å². The van der Waals surface area contributed by atoms with Crippen LogP contribution in [0.5, 0.6) is 0 Å². The van der Waals surface area contributed by atoms with Crippen LogP contribution in [0.1, 0.15) is 50.5 Å². The van der Waals surface area contributed by atoms with Crippen LogP contribution in [0, 0.1) is 5.92 Å². The van der Waals surface area contributed by atoms with Crippen molar-refractivity contribution >= 4 is 11.6 Å².